The summed E-state index contributed by atoms with van der Waals surface area (Å²) >= 11 is 0. The molecule has 0 radical (unpaired) electrons. The molecule has 3 aliphatic heterocycles. The molecular weight excluding hydrogens is 849 g/mol. The van der Waals surface area contributed by atoms with Gasteiger partial charge in [-0.05, 0) is 80.1 Å². The molecule has 3 aliphatic rings. The maximum Gasteiger partial charge on any atom is 0.262 e. The highest BCUT2D eigenvalue weighted by Crippen LogP contribution is 2.35. The van der Waals surface area contributed by atoms with Crippen LogP contribution < -0.4 is 15.8 Å². The van der Waals surface area contributed by atoms with E-state index in [0.29, 0.717) is 112 Å². The Labute approximate surface area is 381 Å². The summed E-state index contributed by atoms with van der Waals surface area (Å²) in [5, 5.41) is 7.88. The standard InChI is InChI=1S/C48H52N8O10/c49-44-42-43(33-15-17-36(18-16-33)66-35-11-2-1-3-12-35)53-56(45(42)51-31-50-44)34-10-5-21-54(30-34)40(58)14-7-23-63-25-27-65-29-28-64-26-24-62-22-6-9-32-8-4-13-37-41(32)48(61)55(47(37)60)38-19-20-39(57)52-46(38)59/h1-4,7-8,11-18,31,34,38H,5-6,9-10,19-30H2,(H2,49,50,51)(H,52,57,59)/b14-7+. The number of imide groups is 2. The minimum atomic E-state index is -0.998. The van der Waals surface area contributed by atoms with Gasteiger partial charge in [0, 0.05) is 37.8 Å². The van der Waals surface area contributed by atoms with E-state index >= 15 is 0 Å². The van der Waals surface area contributed by atoms with Crippen LogP contribution in [-0.2, 0) is 39.8 Å². The largest absolute Gasteiger partial charge is 0.457 e. The number of aromatic nitrogens is 4. The number of likely N-dealkylation sites (tertiary alicyclic amines) is 1. The van der Waals surface area contributed by atoms with E-state index in [4.69, 9.17) is 34.5 Å². The number of carbonyl (C=O) groups excluding carboxylic acids is 5. The van der Waals surface area contributed by atoms with Gasteiger partial charge in [-0.25, -0.2) is 14.6 Å². The van der Waals surface area contributed by atoms with Gasteiger partial charge in [0.05, 0.1) is 68.8 Å². The molecule has 8 rings (SSSR count). The van der Waals surface area contributed by atoms with Crippen molar-refractivity contribution in [3.63, 3.8) is 0 Å². The van der Waals surface area contributed by atoms with E-state index < -0.39 is 29.7 Å². The summed E-state index contributed by atoms with van der Waals surface area (Å²) in [4.78, 5) is 75.1. The number of para-hydroxylation sites is 1. The topological polar surface area (TPSA) is 220 Å². The lowest BCUT2D eigenvalue weighted by atomic mass is 9.99. The molecule has 5 amide bonds. The minimum absolute atomic E-state index is 0.0703. The Morgan fingerprint density at radius 2 is 1.53 bits per heavy atom. The molecule has 2 unspecified atom stereocenters. The number of nitrogen functional groups attached to an aromatic ring is 1. The van der Waals surface area contributed by atoms with Gasteiger partial charge >= 0.3 is 0 Å². The summed E-state index contributed by atoms with van der Waals surface area (Å²) in [6, 6.07) is 21.2. The normalized spacial score (nSPS) is 17.5. The first-order chi connectivity index (χ1) is 32.3. The number of benzene rings is 3. The smallest absolute Gasteiger partial charge is 0.262 e. The number of nitrogens with zero attached hydrogens (tertiary/aromatic N) is 6. The molecule has 5 aromatic rings. The number of nitrogens with two attached hydrogens (primary N) is 1. The van der Waals surface area contributed by atoms with Gasteiger partial charge in [-0.3, -0.25) is 34.2 Å². The van der Waals surface area contributed by atoms with Gasteiger partial charge in [-0.15, -0.1) is 0 Å². The SMILES string of the molecule is Nc1ncnc2c1c(-c1ccc(Oc3ccccc3)cc1)nn2C1CCCN(C(=O)/C=C/COCCOCCOCCOCCCc2cccc3c2C(=O)N(C2CCC(=O)NC2=O)C3=O)C1. The molecule has 3 aromatic carbocycles. The molecule has 18 heteroatoms. The first-order valence-electron chi connectivity index (χ1n) is 22.2. The van der Waals surface area contributed by atoms with E-state index in [9.17, 15) is 24.0 Å². The van der Waals surface area contributed by atoms with E-state index in [0.717, 1.165) is 29.1 Å². The maximum atomic E-state index is 13.3. The molecule has 3 N–H and O–H groups in total. The maximum absolute atomic E-state index is 13.3. The fraction of sp³-hybridized carbons (Fsp3) is 0.375. The highest BCUT2D eigenvalue weighted by Gasteiger charge is 2.45. The quantitative estimate of drug-likeness (QED) is 0.0580. The van der Waals surface area contributed by atoms with Gasteiger partial charge < -0.3 is 34.3 Å². The number of hydrogen-bond donors (Lipinski definition) is 2. The number of aryl methyl sites for hydroxylation is 1. The Bertz CT molecular complexity index is 2570. The van der Waals surface area contributed by atoms with Crippen LogP contribution in [0.3, 0.4) is 0 Å². The lowest BCUT2D eigenvalue weighted by Gasteiger charge is -2.32. The lowest BCUT2D eigenvalue weighted by molar-refractivity contribution is -0.136. The number of amides is 5. The van der Waals surface area contributed by atoms with E-state index in [-0.39, 0.29) is 37.0 Å². The fourth-order valence-corrected chi connectivity index (χ4v) is 8.34. The summed E-state index contributed by atoms with van der Waals surface area (Å²) in [6.45, 7) is 4.06. The van der Waals surface area contributed by atoms with E-state index in [1.54, 1.807) is 30.4 Å². The highest BCUT2D eigenvalue weighted by molar-refractivity contribution is 6.24. The third kappa shape index (κ3) is 10.8. The third-order valence-corrected chi connectivity index (χ3v) is 11.6. The van der Waals surface area contributed by atoms with Crippen LogP contribution in [0.15, 0.2) is 91.3 Å². The first-order valence-corrected chi connectivity index (χ1v) is 22.2. The third-order valence-electron chi connectivity index (χ3n) is 11.6. The van der Waals surface area contributed by atoms with Gasteiger partial charge in [0.2, 0.25) is 17.7 Å². The van der Waals surface area contributed by atoms with Crippen LogP contribution in [0.1, 0.15) is 64.4 Å². The van der Waals surface area contributed by atoms with Crippen LogP contribution >= 0.6 is 0 Å². The van der Waals surface area contributed by atoms with Crippen molar-refractivity contribution in [2.45, 2.75) is 50.6 Å². The number of anilines is 1. The van der Waals surface area contributed by atoms with Crippen LogP contribution in [0.5, 0.6) is 11.5 Å². The van der Waals surface area contributed by atoms with Crippen LogP contribution in [0.2, 0.25) is 0 Å². The number of hydrogen-bond acceptors (Lipinski definition) is 14. The summed E-state index contributed by atoms with van der Waals surface area (Å²) in [7, 11) is 0. The van der Waals surface area contributed by atoms with Crippen molar-refractivity contribution in [2.75, 3.05) is 71.7 Å². The number of nitrogens with one attached hydrogen (secondary N) is 1. The van der Waals surface area contributed by atoms with Crippen LogP contribution in [0, 0.1) is 0 Å². The first kappa shape index (κ1) is 45.7. The van der Waals surface area contributed by atoms with E-state index in [1.165, 1.54) is 6.33 Å². The van der Waals surface area contributed by atoms with Crippen molar-refractivity contribution in [3.8, 4) is 22.8 Å². The van der Waals surface area contributed by atoms with Crippen molar-refractivity contribution < 1.29 is 47.7 Å². The van der Waals surface area contributed by atoms with Crippen LogP contribution in [-0.4, -0.2) is 131 Å². The van der Waals surface area contributed by atoms with Gasteiger partial charge in [0.25, 0.3) is 11.8 Å². The van der Waals surface area contributed by atoms with Crippen LogP contribution in [0.25, 0.3) is 22.3 Å². The predicted octanol–water partition coefficient (Wildman–Crippen LogP) is 4.69. The molecular formula is C48H52N8O10. The second-order valence-electron chi connectivity index (χ2n) is 16.0. The van der Waals surface area contributed by atoms with Gasteiger partial charge in [0.1, 0.15) is 35.4 Å². The lowest BCUT2D eigenvalue weighted by Crippen LogP contribution is -2.54. The van der Waals surface area contributed by atoms with Crippen molar-refractivity contribution in [3.05, 3.63) is 108 Å². The molecule has 0 spiro atoms. The molecule has 2 saturated heterocycles. The Hall–Kier alpha value is -6.86. The molecule has 0 aliphatic carbocycles. The Morgan fingerprint density at radius 1 is 0.803 bits per heavy atom. The molecule has 2 atom stereocenters. The van der Waals surface area contributed by atoms with Crippen LogP contribution in [0.4, 0.5) is 5.82 Å². The second kappa shape index (κ2) is 21.9. The predicted molar refractivity (Wildman–Crippen MR) is 240 cm³/mol. The molecule has 344 valence electrons. The summed E-state index contributed by atoms with van der Waals surface area (Å²) in [5.74, 6) is -0.402. The second-order valence-corrected chi connectivity index (χ2v) is 16.0. The summed E-state index contributed by atoms with van der Waals surface area (Å²) in [6.07, 6.45) is 7.62. The minimum Gasteiger partial charge on any atom is -0.457 e. The summed E-state index contributed by atoms with van der Waals surface area (Å²) < 4.78 is 30.4. The average molecular weight is 901 g/mol. The zero-order valence-electron chi connectivity index (χ0n) is 36.5. The molecule has 0 saturated carbocycles. The molecule has 2 aromatic heterocycles. The number of ether oxygens (including phenoxy) is 5. The Kier molecular flexibility index (Phi) is 15.2. The van der Waals surface area contributed by atoms with Crippen molar-refractivity contribution in [2.24, 2.45) is 0 Å². The monoisotopic (exact) mass is 900 g/mol. The Balaban J connectivity index is 0.687. The Morgan fingerprint density at radius 3 is 2.29 bits per heavy atom. The van der Waals surface area contributed by atoms with E-state index in [2.05, 4.69) is 15.3 Å². The van der Waals surface area contributed by atoms with Gasteiger partial charge in [-0.2, -0.15) is 5.10 Å². The molecule has 18 nitrogen and oxygen atoms in total. The van der Waals surface area contributed by atoms with Crippen molar-refractivity contribution >= 4 is 46.4 Å². The zero-order valence-corrected chi connectivity index (χ0v) is 36.5. The van der Waals surface area contributed by atoms with E-state index in [1.807, 2.05) is 64.2 Å². The molecule has 2 fully saturated rings. The fourth-order valence-electron chi connectivity index (χ4n) is 8.34. The number of rotatable bonds is 21. The molecule has 0 bridgehead atoms. The molecule has 66 heavy (non-hydrogen) atoms. The van der Waals surface area contributed by atoms with Crippen molar-refractivity contribution in [1.29, 1.82) is 0 Å². The van der Waals surface area contributed by atoms with Crippen molar-refractivity contribution in [1.82, 2.24) is 34.9 Å². The van der Waals surface area contributed by atoms with Gasteiger partial charge in [0.15, 0.2) is 5.65 Å². The van der Waals surface area contributed by atoms with Gasteiger partial charge in [-0.1, -0.05) is 36.4 Å². The average Bonchev–Trinajstić information content (AvgIpc) is 3.85. The molecule has 5 heterocycles. The summed E-state index contributed by atoms with van der Waals surface area (Å²) in [5.41, 5.74) is 9.81. The number of fused-ring (bicyclic) bond motifs is 2. The zero-order chi connectivity index (χ0) is 45.8. The number of carbonyl (C=O) groups is 5. The number of piperidine rings is 2. The highest BCUT2D eigenvalue weighted by atomic mass is 16.6.